The lowest BCUT2D eigenvalue weighted by Crippen LogP contribution is -2.07. The molecule has 0 atom stereocenters. The van der Waals surface area contributed by atoms with Crippen LogP contribution in [0.3, 0.4) is 0 Å². The Bertz CT molecular complexity index is 1150. The largest absolute Gasteiger partial charge is 0.494 e. The number of unbranched alkanes of at least 4 members (excludes halogenated alkanes) is 9. The fraction of sp³-hybridized carbons (Fsp3) is 0.500. The predicted octanol–water partition coefficient (Wildman–Crippen LogP) is 7.75. The molecular formula is C28H36O5S. The molecule has 2 aromatic carbocycles. The molecule has 0 aliphatic carbocycles. The molecule has 0 aliphatic heterocycles. The van der Waals surface area contributed by atoms with Gasteiger partial charge in [0.25, 0.3) is 0 Å². The van der Waals surface area contributed by atoms with Gasteiger partial charge in [-0.25, -0.2) is 4.79 Å². The Kier molecular flexibility index (Phi) is 10.3. The zero-order chi connectivity index (χ0) is 24.3. The molecule has 1 aromatic heterocycles. The number of thioether (sulfide) groups is 1. The van der Waals surface area contributed by atoms with Crippen LogP contribution in [0.15, 0.2) is 44.4 Å². The number of hydrogen-bond donors (Lipinski definition) is 0. The summed E-state index contributed by atoms with van der Waals surface area (Å²) in [4.78, 5) is 26.0. The quantitative estimate of drug-likeness (QED) is 0.101. The SMILES string of the molecule is CCCCCCCCCCCCOc1cc(SC)c2oc3ccc(C(=O)OC)cc3c(=O)c2c1. The lowest BCUT2D eigenvalue weighted by molar-refractivity contribution is 0.0601. The number of rotatable bonds is 14. The lowest BCUT2D eigenvalue weighted by Gasteiger charge is -2.11. The smallest absolute Gasteiger partial charge is 0.337 e. The monoisotopic (exact) mass is 484 g/mol. The van der Waals surface area contributed by atoms with Gasteiger partial charge < -0.3 is 13.9 Å². The van der Waals surface area contributed by atoms with Crippen LogP contribution in [-0.2, 0) is 4.74 Å². The normalized spacial score (nSPS) is 11.3. The van der Waals surface area contributed by atoms with Crippen molar-refractivity contribution in [2.75, 3.05) is 20.0 Å². The number of ether oxygens (including phenoxy) is 2. The Morgan fingerprint density at radius 2 is 1.59 bits per heavy atom. The molecule has 0 unspecified atom stereocenters. The predicted molar refractivity (Wildman–Crippen MR) is 140 cm³/mol. The molecule has 0 amide bonds. The Morgan fingerprint density at radius 1 is 0.912 bits per heavy atom. The van der Waals surface area contributed by atoms with E-state index in [0.29, 0.717) is 39.9 Å². The Labute approximate surface area is 206 Å². The van der Waals surface area contributed by atoms with E-state index >= 15 is 0 Å². The summed E-state index contributed by atoms with van der Waals surface area (Å²) in [5, 5.41) is 0.814. The van der Waals surface area contributed by atoms with E-state index in [1.807, 2.05) is 12.3 Å². The molecule has 0 saturated carbocycles. The molecule has 0 radical (unpaired) electrons. The van der Waals surface area contributed by atoms with Crippen molar-refractivity contribution in [1.29, 1.82) is 0 Å². The van der Waals surface area contributed by atoms with Gasteiger partial charge in [0.2, 0.25) is 5.43 Å². The minimum Gasteiger partial charge on any atom is -0.494 e. The zero-order valence-electron chi connectivity index (χ0n) is 20.6. The van der Waals surface area contributed by atoms with Crippen LogP contribution in [0.5, 0.6) is 5.75 Å². The molecule has 0 bridgehead atoms. The molecule has 0 spiro atoms. The molecule has 0 saturated heterocycles. The van der Waals surface area contributed by atoms with Crippen LogP contribution in [0.4, 0.5) is 0 Å². The molecule has 6 heteroatoms. The van der Waals surface area contributed by atoms with Crippen LogP contribution in [0.2, 0.25) is 0 Å². The third-order valence-electron chi connectivity index (χ3n) is 6.12. The number of carbonyl (C=O) groups is 1. The van der Waals surface area contributed by atoms with Crippen LogP contribution < -0.4 is 10.2 Å². The summed E-state index contributed by atoms with van der Waals surface area (Å²) in [7, 11) is 1.32. The molecular weight excluding hydrogens is 448 g/mol. The van der Waals surface area contributed by atoms with Crippen molar-refractivity contribution >= 4 is 39.7 Å². The third kappa shape index (κ3) is 6.78. The fourth-order valence-corrected chi connectivity index (χ4v) is 4.73. The van der Waals surface area contributed by atoms with Crippen LogP contribution in [0.25, 0.3) is 21.9 Å². The van der Waals surface area contributed by atoms with Crippen molar-refractivity contribution in [2.45, 2.75) is 76.0 Å². The van der Waals surface area contributed by atoms with Gasteiger partial charge in [-0.15, -0.1) is 11.8 Å². The second-order valence-corrected chi connectivity index (χ2v) is 9.51. The summed E-state index contributed by atoms with van der Waals surface area (Å²) < 4.78 is 16.8. The van der Waals surface area contributed by atoms with Crippen molar-refractivity contribution in [3.8, 4) is 5.75 Å². The van der Waals surface area contributed by atoms with E-state index in [9.17, 15) is 9.59 Å². The van der Waals surface area contributed by atoms with E-state index in [1.165, 1.54) is 76.3 Å². The van der Waals surface area contributed by atoms with Crippen molar-refractivity contribution < 1.29 is 18.7 Å². The number of methoxy groups -OCH3 is 1. The van der Waals surface area contributed by atoms with Gasteiger partial charge in [-0.2, -0.15) is 0 Å². The first-order chi connectivity index (χ1) is 16.6. The number of fused-ring (bicyclic) bond motifs is 2. The first-order valence-corrected chi connectivity index (χ1v) is 13.6. The highest BCUT2D eigenvalue weighted by Crippen LogP contribution is 2.32. The second kappa shape index (κ2) is 13.4. The van der Waals surface area contributed by atoms with Crippen molar-refractivity contribution in [2.24, 2.45) is 0 Å². The highest BCUT2D eigenvalue weighted by atomic mass is 32.2. The van der Waals surface area contributed by atoms with Crippen LogP contribution in [-0.4, -0.2) is 25.9 Å². The van der Waals surface area contributed by atoms with Gasteiger partial charge in [0.1, 0.15) is 11.3 Å². The molecule has 0 aliphatic rings. The highest BCUT2D eigenvalue weighted by molar-refractivity contribution is 7.98. The average Bonchev–Trinajstić information content (AvgIpc) is 2.86. The summed E-state index contributed by atoms with van der Waals surface area (Å²) in [5.74, 6) is 0.184. The Hall–Kier alpha value is -2.47. The molecule has 5 nitrogen and oxygen atoms in total. The van der Waals surface area contributed by atoms with Crippen molar-refractivity contribution in [3.63, 3.8) is 0 Å². The lowest BCUT2D eigenvalue weighted by atomic mass is 10.1. The van der Waals surface area contributed by atoms with Gasteiger partial charge in [0.15, 0.2) is 5.58 Å². The number of benzene rings is 2. The molecule has 0 N–H and O–H groups in total. The number of hydrogen-bond acceptors (Lipinski definition) is 6. The third-order valence-corrected chi connectivity index (χ3v) is 6.86. The maximum Gasteiger partial charge on any atom is 0.337 e. The van der Waals surface area contributed by atoms with E-state index in [4.69, 9.17) is 13.9 Å². The molecule has 3 rings (SSSR count). The van der Waals surface area contributed by atoms with Crippen LogP contribution >= 0.6 is 11.8 Å². The zero-order valence-corrected chi connectivity index (χ0v) is 21.4. The van der Waals surface area contributed by atoms with E-state index < -0.39 is 5.97 Å². The topological polar surface area (TPSA) is 65.7 Å². The molecule has 1 heterocycles. The highest BCUT2D eigenvalue weighted by Gasteiger charge is 2.15. The van der Waals surface area contributed by atoms with Gasteiger partial charge in [-0.3, -0.25) is 4.79 Å². The average molecular weight is 485 g/mol. The first-order valence-electron chi connectivity index (χ1n) is 12.4. The summed E-state index contributed by atoms with van der Waals surface area (Å²) >= 11 is 1.51. The standard InChI is InChI=1S/C28H36O5S/c1-4-5-6-7-8-9-10-11-12-13-16-32-21-18-23-26(29)22-17-20(28(30)31-2)14-15-24(22)33-27(23)25(19-21)34-3/h14-15,17-19H,4-13,16H2,1-3H3. The van der Waals surface area contributed by atoms with Crippen molar-refractivity contribution in [3.05, 3.63) is 46.1 Å². The first kappa shape index (κ1) is 26.1. The second-order valence-electron chi connectivity index (χ2n) is 8.67. The Balaban J connectivity index is 1.63. The van der Waals surface area contributed by atoms with Gasteiger partial charge in [-0.1, -0.05) is 64.7 Å². The van der Waals surface area contributed by atoms with E-state index in [1.54, 1.807) is 18.2 Å². The van der Waals surface area contributed by atoms with Crippen LogP contribution in [0.1, 0.15) is 81.5 Å². The Morgan fingerprint density at radius 3 is 2.24 bits per heavy atom. The summed E-state index contributed by atoms with van der Waals surface area (Å²) in [5.41, 5.74) is 1.13. The van der Waals surface area contributed by atoms with Gasteiger partial charge in [-0.05, 0) is 43.0 Å². The maximum atomic E-state index is 13.3. The van der Waals surface area contributed by atoms with E-state index in [0.717, 1.165) is 17.7 Å². The molecule has 3 aromatic rings. The van der Waals surface area contributed by atoms with Gasteiger partial charge in [0, 0.05) is 0 Å². The molecule has 0 fully saturated rings. The fourth-order valence-electron chi connectivity index (χ4n) is 4.16. The van der Waals surface area contributed by atoms with Gasteiger partial charge in [0.05, 0.1) is 34.9 Å². The van der Waals surface area contributed by atoms with Crippen molar-refractivity contribution in [1.82, 2.24) is 0 Å². The van der Waals surface area contributed by atoms with Crippen LogP contribution in [0, 0.1) is 0 Å². The van der Waals surface area contributed by atoms with E-state index in [2.05, 4.69) is 6.92 Å². The summed E-state index contributed by atoms with van der Waals surface area (Å²) in [6.45, 7) is 2.88. The summed E-state index contributed by atoms with van der Waals surface area (Å²) in [6.07, 6.45) is 14.7. The minimum absolute atomic E-state index is 0.179. The van der Waals surface area contributed by atoms with E-state index in [-0.39, 0.29) is 5.43 Å². The minimum atomic E-state index is -0.486. The molecule has 184 valence electrons. The number of carbonyl (C=O) groups excluding carboxylic acids is 1. The summed E-state index contributed by atoms with van der Waals surface area (Å²) in [6, 6.07) is 8.46. The number of esters is 1. The molecule has 34 heavy (non-hydrogen) atoms. The maximum absolute atomic E-state index is 13.3. The van der Waals surface area contributed by atoms with Gasteiger partial charge >= 0.3 is 5.97 Å².